The van der Waals surface area contributed by atoms with Gasteiger partial charge in [0.05, 0.1) is 34.7 Å². The largest absolute Gasteiger partial charge is 0.383 e. The number of benzene rings is 2. The number of carbonyl (C=O) groups excluding carboxylic acids is 1. The maximum atomic E-state index is 12.8. The predicted molar refractivity (Wildman–Crippen MR) is 110 cm³/mol. The summed E-state index contributed by atoms with van der Waals surface area (Å²) in [6.07, 6.45) is 0. The van der Waals surface area contributed by atoms with E-state index < -0.39 is 4.92 Å². The third-order valence-corrected chi connectivity index (χ3v) is 5.02. The van der Waals surface area contributed by atoms with E-state index in [9.17, 15) is 19.7 Å². The summed E-state index contributed by atoms with van der Waals surface area (Å²) in [5.41, 5.74) is 0.764. The summed E-state index contributed by atoms with van der Waals surface area (Å²) < 4.78 is 6.57. The minimum absolute atomic E-state index is 0.0226. The van der Waals surface area contributed by atoms with E-state index in [1.165, 1.54) is 28.8 Å². The van der Waals surface area contributed by atoms with Gasteiger partial charge in [0.2, 0.25) is 5.91 Å². The number of para-hydroxylation sites is 1. The normalized spacial score (nSPS) is 10.8. The molecule has 0 atom stereocenters. The highest BCUT2D eigenvalue weighted by molar-refractivity contribution is 7.99. The molecule has 0 bridgehead atoms. The van der Waals surface area contributed by atoms with Crippen LogP contribution in [0.1, 0.15) is 0 Å². The molecule has 0 saturated heterocycles. The first-order valence-corrected chi connectivity index (χ1v) is 9.64. The number of hydrogen-bond donors (Lipinski definition) is 1. The fourth-order valence-electron chi connectivity index (χ4n) is 2.63. The van der Waals surface area contributed by atoms with Crippen molar-refractivity contribution in [2.75, 3.05) is 24.8 Å². The summed E-state index contributed by atoms with van der Waals surface area (Å²) in [4.78, 5) is 39.7. The van der Waals surface area contributed by atoms with E-state index in [-0.39, 0.29) is 22.9 Å². The number of hydrogen-bond acceptors (Lipinski definition) is 7. The molecule has 1 heterocycles. The molecule has 10 heteroatoms. The van der Waals surface area contributed by atoms with Gasteiger partial charge in [-0.05, 0) is 24.3 Å². The quantitative estimate of drug-likeness (QED) is 0.261. The van der Waals surface area contributed by atoms with Crippen molar-refractivity contribution in [2.45, 2.75) is 11.7 Å². The standard InChI is InChI=1S/C19H18N4O5S/c1-28-11-10-22-18(25)15-4-2-3-5-16(15)21-19(22)29-12-17(24)20-13-6-8-14(9-7-13)23(26)27/h2-9H,10-12H2,1H3,(H,20,24). The van der Waals surface area contributed by atoms with Crippen LogP contribution in [0.4, 0.5) is 11.4 Å². The zero-order valence-electron chi connectivity index (χ0n) is 15.5. The summed E-state index contributed by atoms with van der Waals surface area (Å²) in [6, 6.07) is 12.6. The minimum atomic E-state index is -0.508. The molecule has 1 N–H and O–H groups in total. The number of carbonyl (C=O) groups is 1. The number of ether oxygens (including phenoxy) is 1. The lowest BCUT2D eigenvalue weighted by molar-refractivity contribution is -0.384. The average Bonchev–Trinajstić information content (AvgIpc) is 2.72. The number of nitro benzene ring substituents is 1. The second-order valence-electron chi connectivity index (χ2n) is 6.00. The molecule has 0 unspecified atom stereocenters. The van der Waals surface area contributed by atoms with Crippen LogP contribution < -0.4 is 10.9 Å². The third kappa shape index (κ3) is 4.98. The smallest absolute Gasteiger partial charge is 0.269 e. The van der Waals surface area contributed by atoms with Crippen molar-refractivity contribution in [3.05, 3.63) is 69.0 Å². The molecule has 3 aromatic rings. The van der Waals surface area contributed by atoms with Crippen LogP contribution in [0.5, 0.6) is 0 Å². The molecule has 3 rings (SSSR count). The number of methoxy groups -OCH3 is 1. The van der Waals surface area contributed by atoms with Crippen molar-refractivity contribution in [1.82, 2.24) is 9.55 Å². The van der Waals surface area contributed by atoms with Crippen LogP contribution in [0.15, 0.2) is 58.5 Å². The monoisotopic (exact) mass is 414 g/mol. The average molecular weight is 414 g/mol. The molecule has 0 aliphatic carbocycles. The first-order chi connectivity index (χ1) is 14.0. The minimum Gasteiger partial charge on any atom is -0.383 e. The van der Waals surface area contributed by atoms with Crippen LogP contribution >= 0.6 is 11.8 Å². The van der Waals surface area contributed by atoms with Crippen LogP contribution in [0.25, 0.3) is 10.9 Å². The molecule has 0 fully saturated rings. The summed E-state index contributed by atoms with van der Waals surface area (Å²) in [5, 5.41) is 14.3. The van der Waals surface area contributed by atoms with Crippen molar-refractivity contribution in [1.29, 1.82) is 0 Å². The number of non-ortho nitro benzene ring substituents is 1. The summed E-state index contributed by atoms with van der Waals surface area (Å²) in [6.45, 7) is 0.655. The predicted octanol–water partition coefficient (Wildman–Crippen LogP) is 2.68. The molecule has 0 spiro atoms. The van der Waals surface area contributed by atoms with E-state index in [0.717, 1.165) is 11.8 Å². The van der Waals surface area contributed by atoms with E-state index >= 15 is 0 Å². The maximum Gasteiger partial charge on any atom is 0.269 e. The molecule has 0 aliphatic rings. The molecular weight excluding hydrogens is 396 g/mol. The van der Waals surface area contributed by atoms with Gasteiger partial charge in [0.1, 0.15) is 0 Å². The van der Waals surface area contributed by atoms with E-state index in [4.69, 9.17) is 4.74 Å². The second-order valence-corrected chi connectivity index (χ2v) is 6.94. The Bertz CT molecular complexity index is 1100. The fourth-order valence-corrected chi connectivity index (χ4v) is 3.46. The van der Waals surface area contributed by atoms with Crippen LogP contribution in [0, 0.1) is 10.1 Å². The Morgan fingerprint density at radius 2 is 1.97 bits per heavy atom. The Morgan fingerprint density at radius 1 is 1.24 bits per heavy atom. The van der Waals surface area contributed by atoms with Gasteiger partial charge in [0.25, 0.3) is 11.2 Å². The van der Waals surface area contributed by atoms with Crippen LogP contribution in [0.2, 0.25) is 0 Å². The van der Waals surface area contributed by atoms with Crippen LogP contribution in [0.3, 0.4) is 0 Å². The Balaban J connectivity index is 1.75. The van der Waals surface area contributed by atoms with Gasteiger partial charge < -0.3 is 10.1 Å². The van der Waals surface area contributed by atoms with Gasteiger partial charge in [-0.1, -0.05) is 23.9 Å². The van der Waals surface area contributed by atoms with Crippen molar-refractivity contribution in [3.63, 3.8) is 0 Å². The molecule has 9 nitrogen and oxygen atoms in total. The number of nitrogens with zero attached hydrogens (tertiary/aromatic N) is 3. The zero-order valence-corrected chi connectivity index (χ0v) is 16.3. The maximum absolute atomic E-state index is 12.8. The number of fused-ring (bicyclic) bond motifs is 1. The Morgan fingerprint density at radius 3 is 2.66 bits per heavy atom. The molecule has 0 radical (unpaired) electrons. The first kappa shape index (κ1) is 20.5. The second kappa shape index (κ2) is 9.30. The zero-order chi connectivity index (χ0) is 20.8. The Labute approximate surface area is 169 Å². The first-order valence-electron chi connectivity index (χ1n) is 8.65. The van der Waals surface area contributed by atoms with Gasteiger partial charge in [-0.25, -0.2) is 4.98 Å². The lowest BCUT2D eigenvalue weighted by Gasteiger charge is -2.12. The highest BCUT2D eigenvalue weighted by atomic mass is 32.2. The van der Waals surface area contributed by atoms with Crippen LogP contribution in [-0.2, 0) is 16.1 Å². The van der Waals surface area contributed by atoms with Gasteiger partial charge in [0.15, 0.2) is 5.16 Å². The molecule has 1 amide bonds. The van der Waals surface area contributed by atoms with E-state index in [2.05, 4.69) is 10.3 Å². The lowest BCUT2D eigenvalue weighted by Crippen LogP contribution is -2.26. The molecule has 0 aliphatic heterocycles. The molecular formula is C19H18N4O5S. The van der Waals surface area contributed by atoms with E-state index in [0.29, 0.717) is 34.9 Å². The summed E-state index contributed by atoms with van der Waals surface area (Å²) in [5.74, 6) is -0.293. The summed E-state index contributed by atoms with van der Waals surface area (Å²) in [7, 11) is 1.55. The number of nitro groups is 1. The highest BCUT2D eigenvalue weighted by Gasteiger charge is 2.13. The Hall–Kier alpha value is -3.24. The third-order valence-electron chi connectivity index (χ3n) is 4.04. The molecule has 150 valence electrons. The van der Waals surface area contributed by atoms with Gasteiger partial charge in [-0.15, -0.1) is 0 Å². The molecule has 2 aromatic carbocycles. The van der Waals surface area contributed by atoms with E-state index in [1.807, 2.05) is 0 Å². The number of rotatable bonds is 8. The van der Waals surface area contributed by atoms with Crippen molar-refractivity contribution >= 4 is 39.9 Å². The Kier molecular flexibility index (Phi) is 6.57. The number of anilines is 1. The van der Waals surface area contributed by atoms with Gasteiger partial charge in [-0.2, -0.15) is 0 Å². The highest BCUT2D eigenvalue weighted by Crippen LogP contribution is 2.19. The van der Waals surface area contributed by atoms with Gasteiger partial charge >= 0.3 is 0 Å². The fraction of sp³-hybridized carbons (Fsp3) is 0.211. The number of thioether (sulfide) groups is 1. The topological polar surface area (TPSA) is 116 Å². The van der Waals surface area contributed by atoms with E-state index in [1.54, 1.807) is 31.4 Å². The van der Waals surface area contributed by atoms with Gasteiger partial charge in [0, 0.05) is 24.9 Å². The molecule has 1 aromatic heterocycles. The molecule has 0 saturated carbocycles. The molecule has 29 heavy (non-hydrogen) atoms. The number of nitrogens with one attached hydrogen (secondary N) is 1. The van der Waals surface area contributed by atoms with Crippen molar-refractivity contribution in [3.8, 4) is 0 Å². The number of amides is 1. The number of aromatic nitrogens is 2. The van der Waals surface area contributed by atoms with Crippen LogP contribution in [-0.4, -0.2) is 39.9 Å². The van der Waals surface area contributed by atoms with Crippen molar-refractivity contribution in [2.24, 2.45) is 0 Å². The van der Waals surface area contributed by atoms with Crippen molar-refractivity contribution < 1.29 is 14.5 Å². The lowest BCUT2D eigenvalue weighted by atomic mass is 10.2. The van der Waals surface area contributed by atoms with Gasteiger partial charge in [-0.3, -0.25) is 24.3 Å². The SMILES string of the molecule is COCCn1c(SCC(=O)Nc2ccc([N+](=O)[O-])cc2)nc2ccccc2c1=O. The summed E-state index contributed by atoms with van der Waals surface area (Å²) >= 11 is 1.14.